The first kappa shape index (κ1) is 18.2. The fourth-order valence-electron chi connectivity index (χ4n) is 2.26. The van der Waals surface area contributed by atoms with Crippen molar-refractivity contribution < 1.29 is 19.5 Å². The molecule has 0 aliphatic rings. The third-order valence-electron chi connectivity index (χ3n) is 3.68. The predicted molar refractivity (Wildman–Crippen MR) is 93.4 cm³/mol. The van der Waals surface area contributed by atoms with Crippen LogP contribution < -0.4 is 10.6 Å². The van der Waals surface area contributed by atoms with Crippen LogP contribution in [0.15, 0.2) is 48.5 Å². The third kappa shape index (κ3) is 5.46. The highest BCUT2D eigenvalue weighted by atomic mass is 16.4. The summed E-state index contributed by atoms with van der Waals surface area (Å²) in [5.41, 5.74) is 2.86. The van der Waals surface area contributed by atoms with Gasteiger partial charge in [-0.2, -0.15) is 0 Å². The molecule has 0 fully saturated rings. The molecule has 2 aromatic rings. The van der Waals surface area contributed by atoms with E-state index in [4.69, 9.17) is 5.11 Å². The lowest BCUT2D eigenvalue weighted by atomic mass is 10.1. The molecular formula is C19H20N2O4. The van der Waals surface area contributed by atoms with Crippen molar-refractivity contribution in [1.82, 2.24) is 10.6 Å². The van der Waals surface area contributed by atoms with E-state index in [0.29, 0.717) is 17.7 Å². The van der Waals surface area contributed by atoms with Crippen molar-refractivity contribution in [3.8, 4) is 0 Å². The van der Waals surface area contributed by atoms with Gasteiger partial charge in [-0.15, -0.1) is 0 Å². The van der Waals surface area contributed by atoms with Gasteiger partial charge in [0.25, 0.3) is 11.8 Å². The van der Waals surface area contributed by atoms with Crippen molar-refractivity contribution >= 4 is 17.8 Å². The second-order valence-corrected chi connectivity index (χ2v) is 5.59. The van der Waals surface area contributed by atoms with Gasteiger partial charge in [-0.1, -0.05) is 30.3 Å². The molecule has 25 heavy (non-hydrogen) atoms. The maximum Gasteiger partial charge on any atom is 0.305 e. The van der Waals surface area contributed by atoms with Gasteiger partial charge in [0, 0.05) is 24.2 Å². The zero-order chi connectivity index (χ0) is 18.2. The minimum absolute atomic E-state index is 0.0857. The number of nitrogens with one attached hydrogen (secondary N) is 2. The molecule has 6 heteroatoms. The summed E-state index contributed by atoms with van der Waals surface area (Å²) >= 11 is 0. The summed E-state index contributed by atoms with van der Waals surface area (Å²) < 4.78 is 0. The molecule has 0 spiro atoms. The highest BCUT2D eigenvalue weighted by molar-refractivity contribution is 5.95. The highest BCUT2D eigenvalue weighted by Gasteiger charge is 2.09. The van der Waals surface area contributed by atoms with Crippen molar-refractivity contribution in [3.05, 3.63) is 70.8 Å². The molecule has 0 aliphatic carbocycles. The van der Waals surface area contributed by atoms with Crippen LogP contribution in [0, 0.1) is 6.92 Å². The van der Waals surface area contributed by atoms with Gasteiger partial charge < -0.3 is 15.7 Å². The summed E-state index contributed by atoms with van der Waals surface area (Å²) in [6.45, 7) is 2.32. The minimum Gasteiger partial charge on any atom is -0.481 e. The van der Waals surface area contributed by atoms with E-state index in [1.807, 2.05) is 25.1 Å². The number of hydrogen-bond acceptors (Lipinski definition) is 3. The maximum absolute atomic E-state index is 12.2. The lowest BCUT2D eigenvalue weighted by Crippen LogP contribution is -2.26. The SMILES string of the molecule is Cc1ccccc1C(=O)NCc1ccc(C(=O)NCCC(=O)O)cc1. The molecule has 0 aliphatic heterocycles. The van der Waals surface area contributed by atoms with E-state index < -0.39 is 5.97 Å². The number of benzene rings is 2. The Bertz CT molecular complexity index is 769. The third-order valence-corrected chi connectivity index (χ3v) is 3.68. The molecule has 2 aromatic carbocycles. The van der Waals surface area contributed by atoms with Gasteiger partial charge in [0.1, 0.15) is 0 Å². The molecule has 0 saturated heterocycles. The molecule has 6 nitrogen and oxygen atoms in total. The van der Waals surface area contributed by atoms with Gasteiger partial charge in [-0.3, -0.25) is 14.4 Å². The molecule has 0 atom stereocenters. The van der Waals surface area contributed by atoms with Crippen LogP contribution >= 0.6 is 0 Å². The topological polar surface area (TPSA) is 95.5 Å². The Morgan fingerprint density at radius 2 is 1.60 bits per heavy atom. The fraction of sp³-hybridized carbons (Fsp3) is 0.211. The first-order valence-electron chi connectivity index (χ1n) is 7.90. The summed E-state index contributed by atoms with van der Waals surface area (Å²) in [6, 6.07) is 14.2. The summed E-state index contributed by atoms with van der Waals surface area (Å²) in [5.74, 6) is -1.43. The Balaban J connectivity index is 1.88. The van der Waals surface area contributed by atoms with Gasteiger partial charge in [0.05, 0.1) is 6.42 Å². The number of carbonyl (C=O) groups excluding carboxylic acids is 2. The number of rotatable bonds is 7. The molecule has 0 radical (unpaired) electrons. The van der Waals surface area contributed by atoms with Crippen molar-refractivity contribution in [1.29, 1.82) is 0 Å². The summed E-state index contributed by atoms with van der Waals surface area (Å²) in [7, 11) is 0. The molecular weight excluding hydrogens is 320 g/mol. The van der Waals surface area contributed by atoms with Gasteiger partial charge in [0.15, 0.2) is 0 Å². The molecule has 2 amide bonds. The number of carboxylic acids is 1. The number of hydrogen-bond donors (Lipinski definition) is 3. The van der Waals surface area contributed by atoms with Crippen LogP contribution in [-0.4, -0.2) is 29.4 Å². The van der Waals surface area contributed by atoms with Gasteiger partial charge in [-0.05, 0) is 36.2 Å². The smallest absolute Gasteiger partial charge is 0.305 e. The number of aliphatic carboxylic acids is 1. The van der Waals surface area contributed by atoms with Gasteiger partial charge >= 0.3 is 5.97 Å². The molecule has 0 bridgehead atoms. The van der Waals surface area contributed by atoms with Crippen LogP contribution in [-0.2, 0) is 11.3 Å². The molecule has 0 heterocycles. The maximum atomic E-state index is 12.2. The fourth-order valence-corrected chi connectivity index (χ4v) is 2.26. The van der Waals surface area contributed by atoms with Gasteiger partial charge in [0.2, 0.25) is 0 Å². The van der Waals surface area contributed by atoms with Crippen LogP contribution in [0.2, 0.25) is 0 Å². The molecule has 0 unspecified atom stereocenters. The van der Waals surface area contributed by atoms with E-state index >= 15 is 0 Å². The second kappa shape index (κ2) is 8.63. The first-order chi connectivity index (χ1) is 12.0. The first-order valence-corrected chi connectivity index (χ1v) is 7.90. The Kier molecular flexibility index (Phi) is 6.28. The average Bonchev–Trinajstić information content (AvgIpc) is 2.60. The summed E-state index contributed by atoms with van der Waals surface area (Å²) in [4.78, 5) is 34.4. The van der Waals surface area contributed by atoms with Crippen LogP contribution in [0.4, 0.5) is 0 Å². The zero-order valence-electron chi connectivity index (χ0n) is 13.9. The highest BCUT2D eigenvalue weighted by Crippen LogP contribution is 2.08. The monoisotopic (exact) mass is 340 g/mol. The lowest BCUT2D eigenvalue weighted by molar-refractivity contribution is -0.136. The van der Waals surface area contributed by atoms with Crippen LogP contribution in [0.5, 0.6) is 0 Å². The van der Waals surface area contributed by atoms with Crippen molar-refractivity contribution in [2.24, 2.45) is 0 Å². The number of amides is 2. The van der Waals surface area contributed by atoms with E-state index in [1.54, 1.807) is 30.3 Å². The summed E-state index contributed by atoms with van der Waals surface area (Å²) in [6.07, 6.45) is -0.116. The Morgan fingerprint density at radius 3 is 2.24 bits per heavy atom. The van der Waals surface area contributed by atoms with Crippen molar-refractivity contribution in [3.63, 3.8) is 0 Å². The van der Waals surface area contributed by atoms with E-state index in [0.717, 1.165) is 11.1 Å². The van der Waals surface area contributed by atoms with Crippen LogP contribution in [0.25, 0.3) is 0 Å². The minimum atomic E-state index is -0.958. The van der Waals surface area contributed by atoms with Crippen LogP contribution in [0.3, 0.4) is 0 Å². The molecule has 130 valence electrons. The Hall–Kier alpha value is -3.15. The number of carbonyl (C=O) groups is 3. The zero-order valence-corrected chi connectivity index (χ0v) is 13.9. The molecule has 2 rings (SSSR count). The Morgan fingerprint density at radius 1 is 0.920 bits per heavy atom. The number of carboxylic acid groups (broad SMARTS) is 1. The van der Waals surface area contributed by atoms with E-state index in [1.165, 1.54) is 0 Å². The quantitative estimate of drug-likeness (QED) is 0.719. The van der Waals surface area contributed by atoms with Crippen molar-refractivity contribution in [2.45, 2.75) is 19.9 Å². The molecule has 0 aromatic heterocycles. The lowest BCUT2D eigenvalue weighted by Gasteiger charge is -2.08. The largest absolute Gasteiger partial charge is 0.481 e. The van der Waals surface area contributed by atoms with E-state index in [2.05, 4.69) is 10.6 Å². The second-order valence-electron chi connectivity index (χ2n) is 5.59. The predicted octanol–water partition coefficient (Wildman–Crippen LogP) is 2.13. The van der Waals surface area contributed by atoms with E-state index in [-0.39, 0.29) is 24.8 Å². The normalized spacial score (nSPS) is 10.1. The number of aryl methyl sites for hydroxylation is 1. The standard InChI is InChI=1S/C19H20N2O4/c1-13-4-2-3-5-16(13)19(25)21-12-14-6-8-15(9-7-14)18(24)20-11-10-17(22)23/h2-9H,10-12H2,1H3,(H,20,24)(H,21,25)(H,22,23). The average molecular weight is 340 g/mol. The van der Waals surface area contributed by atoms with Crippen LogP contribution in [0.1, 0.15) is 38.3 Å². The summed E-state index contributed by atoms with van der Waals surface area (Å²) in [5, 5.41) is 13.9. The van der Waals surface area contributed by atoms with E-state index in [9.17, 15) is 14.4 Å². The molecule has 3 N–H and O–H groups in total. The molecule has 0 saturated carbocycles. The van der Waals surface area contributed by atoms with Gasteiger partial charge in [-0.25, -0.2) is 0 Å². The Labute approximate surface area is 145 Å². The van der Waals surface area contributed by atoms with Crippen molar-refractivity contribution in [2.75, 3.05) is 6.54 Å².